The number of aromatic nitrogens is 1. The standard InChI is InChI=1S/C25H25N3O3S2/c1-16-13-17(2)15-28(14-16)33(30,31)20-10-7-19(8-11-20)24(29)27-25-26-22-12-9-18-5-3-4-6-21(18)23(22)32-25/h3-12,16-17H,13-15H2,1-2H3,(H,26,27,29). The number of amides is 1. The van der Waals surface area contributed by atoms with Crippen molar-refractivity contribution >= 4 is 53.4 Å². The molecule has 4 aromatic rings. The molecular weight excluding hydrogens is 454 g/mol. The molecular formula is C25H25N3O3S2. The van der Waals surface area contributed by atoms with Crippen LogP contribution >= 0.6 is 11.3 Å². The van der Waals surface area contributed by atoms with Crippen LogP contribution in [0.25, 0.3) is 21.0 Å². The number of carbonyl (C=O) groups excluding carboxylic acids is 1. The Morgan fingerprint density at radius 2 is 1.70 bits per heavy atom. The van der Waals surface area contributed by atoms with Crippen LogP contribution in [0.1, 0.15) is 30.6 Å². The Morgan fingerprint density at radius 1 is 1.00 bits per heavy atom. The number of anilines is 1. The van der Waals surface area contributed by atoms with Crippen LogP contribution in [0.3, 0.4) is 0 Å². The average molecular weight is 480 g/mol. The van der Waals surface area contributed by atoms with E-state index in [1.54, 1.807) is 16.4 Å². The fraction of sp³-hybridized carbons (Fsp3) is 0.280. The number of fused-ring (bicyclic) bond motifs is 3. The molecule has 1 N–H and O–H groups in total. The van der Waals surface area contributed by atoms with Crippen molar-refractivity contribution in [2.75, 3.05) is 18.4 Å². The van der Waals surface area contributed by atoms with Crippen LogP contribution in [0.4, 0.5) is 5.13 Å². The molecule has 0 bridgehead atoms. The summed E-state index contributed by atoms with van der Waals surface area (Å²) in [5.74, 6) is 0.349. The number of nitrogens with one attached hydrogen (secondary N) is 1. The Kier molecular flexibility index (Phi) is 5.68. The van der Waals surface area contributed by atoms with Crippen molar-refractivity contribution in [3.63, 3.8) is 0 Å². The molecule has 0 spiro atoms. The van der Waals surface area contributed by atoms with Crippen LogP contribution in [-0.4, -0.2) is 36.7 Å². The average Bonchev–Trinajstić information content (AvgIpc) is 3.21. The monoisotopic (exact) mass is 479 g/mol. The summed E-state index contributed by atoms with van der Waals surface area (Å²) in [5, 5.41) is 5.59. The van der Waals surface area contributed by atoms with Gasteiger partial charge >= 0.3 is 0 Å². The number of sulfonamides is 1. The van der Waals surface area contributed by atoms with Gasteiger partial charge in [-0.05, 0) is 54.0 Å². The highest BCUT2D eigenvalue weighted by Gasteiger charge is 2.31. The van der Waals surface area contributed by atoms with Crippen molar-refractivity contribution in [3.05, 3.63) is 66.2 Å². The van der Waals surface area contributed by atoms with Gasteiger partial charge in [0, 0.05) is 24.0 Å². The summed E-state index contributed by atoms with van der Waals surface area (Å²) in [6, 6.07) is 18.2. The first kappa shape index (κ1) is 22.0. The maximum absolute atomic E-state index is 13.1. The summed E-state index contributed by atoms with van der Waals surface area (Å²) in [6.07, 6.45) is 1.03. The van der Waals surface area contributed by atoms with Gasteiger partial charge < -0.3 is 0 Å². The molecule has 2 unspecified atom stereocenters. The molecule has 0 saturated carbocycles. The lowest BCUT2D eigenvalue weighted by Crippen LogP contribution is -2.42. The summed E-state index contributed by atoms with van der Waals surface area (Å²) in [6.45, 7) is 5.22. The zero-order chi connectivity index (χ0) is 23.2. The molecule has 1 aliphatic rings. The van der Waals surface area contributed by atoms with Gasteiger partial charge in [0.05, 0.1) is 15.1 Å². The van der Waals surface area contributed by atoms with Crippen molar-refractivity contribution in [2.45, 2.75) is 25.2 Å². The van der Waals surface area contributed by atoms with Gasteiger partial charge in [-0.15, -0.1) is 0 Å². The molecule has 33 heavy (non-hydrogen) atoms. The van der Waals surface area contributed by atoms with E-state index < -0.39 is 10.0 Å². The Balaban J connectivity index is 1.35. The molecule has 8 heteroatoms. The summed E-state index contributed by atoms with van der Waals surface area (Å²) < 4.78 is 28.7. The molecule has 170 valence electrons. The van der Waals surface area contributed by atoms with Crippen molar-refractivity contribution in [1.29, 1.82) is 0 Å². The van der Waals surface area contributed by atoms with Crippen molar-refractivity contribution in [3.8, 4) is 0 Å². The lowest BCUT2D eigenvalue weighted by Gasteiger charge is -2.34. The fourth-order valence-corrected chi connectivity index (χ4v) is 7.28. The quantitative estimate of drug-likeness (QED) is 0.427. The number of nitrogens with zero attached hydrogens (tertiary/aromatic N) is 2. The van der Waals surface area contributed by atoms with E-state index in [2.05, 4.69) is 24.1 Å². The molecule has 1 aromatic heterocycles. The van der Waals surface area contributed by atoms with Gasteiger partial charge in [0.2, 0.25) is 10.0 Å². The Bertz CT molecular complexity index is 1440. The minimum absolute atomic E-state index is 0.215. The zero-order valence-electron chi connectivity index (χ0n) is 18.5. The number of hydrogen-bond acceptors (Lipinski definition) is 5. The van der Waals surface area contributed by atoms with Crippen LogP contribution in [0.15, 0.2) is 65.6 Å². The maximum Gasteiger partial charge on any atom is 0.257 e. The topological polar surface area (TPSA) is 79.4 Å². The lowest BCUT2D eigenvalue weighted by molar-refractivity contribution is 0.102. The highest BCUT2D eigenvalue weighted by Crippen LogP contribution is 2.33. The van der Waals surface area contributed by atoms with E-state index in [1.807, 2.05) is 36.4 Å². The largest absolute Gasteiger partial charge is 0.298 e. The van der Waals surface area contributed by atoms with Crippen LogP contribution in [0.2, 0.25) is 0 Å². The van der Waals surface area contributed by atoms with Gasteiger partial charge in [-0.3, -0.25) is 10.1 Å². The van der Waals surface area contributed by atoms with Crippen LogP contribution < -0.4 is 5.32 Å². The lowest BCUT2D eigenvalue weighted by atomic mass is 9.94. The van der Waals surface area contributed by atoms with Gasteiger partial charge in [0.15, 0.2) is 5.13 Å². The first-order valence-corrected chi connectivity index (χ1v) is 13.3. The fourth-order valence-electron chi connectivity index (χ4n) is 4.61. The highest BCUT2D eigenvalue weighted by atomic mass is 32.2. The first-order valence-electron chi connectivity index (χ1n) is 11.0. The number of hydrogen-bond donors (Lipinski definition) is 1. The predicted molar refractivity (Wildman–Crippen MR) is 133 cm³/mol. The number of carbonyl (C=O) groups is 1. The van der Waals surface area contributed by atoms with Crippen molar-refractivity contribution in [2.24, 2.45) is 11.8 Å². The van der Waals surface area contributed by atoms with Crippen molar-refractivity contribution < 1.29 is 13.2 Å². The van der Waals surface area contributed by atoms with Crippen LogP contribution in [0, 0.1) is 11.8 Å². The van der Waals surface area contributed by atoms with E-state index >= 15 is 0 Å². The molecule has 2 heterocycles. The molecule has 6 nitrogen and oxygen atoms in total. The van der Waals surface area contributed by atoms with Gasteiger partial charge in [-0.1, -0.05) is 55.5 Å². The smallest absolute Gasteiger partial charge is 0.257 e. The second kappa shape index (κ2) is 8.52. The summed E-state index contributed by atoms with van der Waals surface area (Å²) in [4.78, 5) is 17.6. The molecule has 2 atom stereocenters. The third kappa shape index (κ3) is 4.26. The van der Waals surface area contributed by atoms with Gasteiger partial charge in [0.1, 0.15) is 0 Å². The number of rotatable bonds is 4. The van der Waals surface area contributed by atoms with Crippen LogP contribution in [0.5, 0.6) is 0 Å². The van der Waals surface area contributed by atoms with E-state index in [1.165, 1.54) is 23.5 Å². The maximum atomic E-state index is 13.1. The molecule has 1 aliphatic heterocycles. The normalized spacial score (nSPS) is 19.7. The van der Waals surface area contributed by atoms with Gasteiger partial charge in [0.25, 0.3) is 5.91 Å². The second-order valence-corrected chi connectivity index (χ2v) is 11.8. The van der Waals surface area contributed by atoms with E-state index in [9.17, 15) is 13.2 Å². The zero-order valence-corrected chi connectivity index (χ0v) is 20.1. The third-order valence-corrected chi connectivity index (χ3v) is 8.96. The molecule has 0 aliphatic carbocycles. The minimum Gasteiger partial charge on any atom is -0.298 e. The Morgan fingerprint density at radius 3 is 2.42 bits per heavy atom. The molecule has 5 rings (SSSR count). The number of benzene rings is 3. The molecule has 3 aromatic carbocycles. The van der Waals surface area contributed by atoms with E-state index in [0.29, 0.717) is 35.6 Å². The molecule has 1 amide bonds. The minimum atomic E-state index is -3.58. The van der Waals surface area contributed by atoms with Crippen LogP contribution in [-0.2, 0) is 10.0 Å². The number of piperidine rings is 1. The highest BCUT2D eigenvalue weighted by molar-refractivity contribution is 7.89. The SMILES string of the molecule is CC1CC(C)CN(S(=O)(=O)c2ccc(C(=O)Nc3nc4ccc5ccccc5c4s3)cc2)C1. The molecule has 0 radical (unpaired) electrons. The predicted octanol–water partition coefficient (Wildman–Crippen LogP) is 5.37. The van der Waals surface area contributed by atoms with Crippen molar-refractivity contribution in [1.82, 2.24) is 9.29 Å². The van der Waals surface area contributed by atoms with Gasteiger partial charge in [-0.25, -0.2) is 13.4 Å². The van der Waals surface area contributed by atoms with E-state index in [0.717, 1.165) is 27.4 Å². The summed E-state index contributed by atoms with van der Waals surface area (Å²) in [5.41, 5.74) is 1.22. The van der Waals surface area contributed by atoms with E-state index in [4.69, 9.17) is 0 Å². The Hall–Kier alpha value is -2.81. The summed E-state index contributed by atoms with van der Waals surface area (Å²) >= 11 is 1.43. The van der Waals surface area contributed by atoms with Gasteiger partial charge in [-0.2, -0.15) is 4.31 Å². The Labute approximate surface area is 197 Å². The van der Waals surface area contributed by atoms with E-state index in [-0.39, 0.29) is 10.8 Å². The first-order chi connectivity index (χ1) is 15.8. The second-order valence-electron chi connectivity index (χ2n) is 8.90. The summed E-state index contributed by atoms with van der Waals surface area (Å²) in [7, 11) is -3.58. The molecule has 1 saturated heterocycles. The number of thiazole rings is 1. The molecule has 1 fully saturated rings. The third-order valence-electron chi connectivity index (χ3n) is 6.09.